The van der Waals surface area contributed by atoms with Crippen molar-refractivity contribution in [3.8, 4) is 6.07 Å². The highest BCUT2D eigenvalue weighted by Crippen LogP contribution is 2.26. The summed E-state index contributed by atoms with van der Waals surface area (Å²) in [5.74, 6) is 0. The molecule has 1 atom stereocenters. The van der Waals surface area contributed by atoms with E-state index in [4.69, 9.17) is 5.26 Å². The van der Waals surface area contributed by atoms with Crippen LogP contribution in [0.4, 0.5) is 0 Å². The molecule has 0 bridgehead atoms. The maximum Gasteiger partial charge on any atom is 0.0969 e. The van der Waals surface area contributed by atoms with Gasteiger partial charge in [-0.05, 0) is 23.8 Å². The third kappa shape index (κ3) is 1.68. The molecule has 0 aliphatic carbocycles. The Morgan fingerprint density at radius 2 is 2.17 bits per heavy atom. The zero-order valence-electron chi connectivity index (χ0n) is 7.76. The van der Waals surface area contributed by atoms with Gasteiger partial charge in [-0.25, -0.2) is 0 Å². The van der Waals surface area contributed by atoms with Crippen LogP contribution in [-0.2, 0) is 0 Å². The molecule has 0 saturated heterocycles. The second-order valence-electron chi connectivity index (χ2n) is 4.06. The van der Waals surface area contributed by atoms with E-state index in [-0.39, 0.29) is 11.5 Å². The summed E-state index contributed by atoms with van der Waals surface area (Å²) in [6.45, 7) is 6.36. The van der Waals surface area contributed by atoms with Crippen LogP contribution in [0, 0.1) is 16.7 Å². The Labute approximate surface area is 73.6 Å². The summed E-state index contributed by atoms with van der Waals surface area (Å²) in [7, 11) is 0. The molecule has 0 aromatic rings. The molecule has 1 heterocycles. The monoisotopic (exact) mass is 162 g/mol. The van der Waals surface area contributed by atoms with Gasteiger partial charge >= 0.3 is 0 Å². The highest BCUT2D eigenvalue weighted by atomic mass is 14.9. The normalized spacial score (nSPS) is 22.5. The van der Waals surface area contributed by atoms with Gasteiger partial charge in [0.25, 0.3) is 0 Å². The van der Waals surface area contributed by atoms with Gasteiger partial charge in [0.1, 0.15) is 0 Å². The van der Waals surface area contributed by atoms with E-state index in [2.05, 4.69) is 32.2 Å². The van der Waals surface area contributed by atoms with E-state index >= 15 is 0 Å². The van der Waals surface area contributed by atoms with Gasteiger partial charge in [-0.2, -0.15) is 5.26 Å². The van der Waals surface area contributed by atoms with Crippen molar-refractivity contribution in [1.29, 1.82) is 5.26 Å². The van der Waals surface area contributed by atoms with Gasteiger partial charge in [0, 0.05) is 0 Å². The van der Waals surface area contributed by atoms with Crippen LogP contribution in [0.3, 0.4) is 0 Å². The van der Waals surface area contributed by atoms with Crippen LogP contribution in [0.25, 0.3) is 0 Å². The molecule has 0 aromatic heterocycles. The molecule has 64 valence electrons. The van der Waals surface area contributed by atoms with Crippen LogP contribution in [-0.4, -0.2) is 6.04 Å². The van der Waals surface area contributed by atoms with Gasteiger partial charge < -0.3 is 5.32 Å². The van der Waals surface area contributed by atoms with Crippen molar-refractivity contribution in [2.45, 2.75) is 26.8 Å². The summed E-state index contributed by atoms with van der Waals surface area (Å²) in [6, 6.07) is 2.35. The molecule has 1 N–H and O–H groups in total. The molecule has 1 unspecified atom stereocenters. The smallest absolute Gasteiger partial charge is 0.0969 e. The number of nitrogens with one attached hydrogen (secondary N) is 1. The first-order valence-electron chi connectivity index (χ1n) is 4.08. The SMILES string of the molecule is CC(C)(C)C1NC=CC=C1C#N. The van der Waals surface area contributed by atoms with Crippen LogP contribution < -0.4 is 5.32 Å². The highest BCUT2D eigenvalue weighted by Gasteiger charge is 2.27. The second kappa shape index (κ2) is 3.02. The van der Waals surface area contributed by atoms with Crippen molar-refractivity contribution in [1.82, 2.24) is 5.32 Å². The molecule has 0 fully saturated rings. The first-order chi connectivity index (χ1) is 5.55. The third-order valence-corrected chi connectivity index (χ3v) is 1.94. The molecule has 12 heavy (non-hydrogen) atoms. The zero-order valence-corrected chi connectivity index (χ0v) is 7.76. The average Bonchev–Trinajstić information content (AvgIpc) is 2.03. The average molecular weight is 162 g/mol. The maximum absolute atomic E-state index is 8.83. The maximum atomic E-state index is 8.83. The molecule has 0 radical (unpaired) electrons. The predicted molar refractivity (Wildman–Crippen MR) is 49.2 cm³/mol. The van der Waals surface area contributed by atoms with Gasteiger partial charge in [0.2, 0.25) is 0 Å². The summed E-state index contributed by atoms with van der Waals surface area (Å²) < 4.78 is 0. The second-order valence-corrected chi connectivity index (χ2v) is 4.06. The Kier molecular flexibility index (Phi) is 2.23. The van der Waals surface area contributed by atoms with Gasteiger partial charge in [-0.15, -0.1) is 0 Å². The van der Waals surface area contributed by atoms with E-state index in [1.165, 1.54) is 0 Å². The van der Waals surface area contributed by atoms with Crippen LogP contribution in [0.2, 0.25) is 0 Å². The molecule has 0 saturated carbocycles. The van der Waals surface area contributed by atoms with E-state index in [0.29, 0.717) is 0 Å². The Hall–Kier alpha value is -1.23. The standard InChI is InChI=1S/C10H14N2/c1-10(2,3)9-8(7-11)5-4-6-12-9/h4-6,9,12H,1-3H3. The quantitative estimate of drug-likeness (QED) is 0.591. The minimum absolute atomic E-state index is 0.0896. The van der Waals surface area contributed by atoms with Crippen molar-refractivity contribution in [3.63, 3.8) is 0 Å². The van der Waals surface area contributed by atoms with E-state index < -0.39 is 0 Å². The molecule has 0 aromatic carbocycles. The Morgan fingerprint density at radius 1 is 1.50 bits per heavy atom. The molecule has 1 rings (SSSR count). The Balaban J connectivity index is 2.89. The summed E-state index contributed by atoms with van der Waals surface area (Å²) in [5, 5.41) is 12.0. The largest absolute Gasteiger partial charge is 0.383 e. The topological polar surface area (TPSA) is 35.8 Å². The molecule has 2 heteroatoms. The fraction of sp³-hybridized carbons (Fsp3) is 0.500. The van der Waals surface area contributed by atoms with E-state index in [9.17, 15) is 0 Å². The van der Waals surface area contributed by atoms with Crippen LogP contribution in [0.15, 0.2) is 23.9 Å². The minimum Gasteiger partial charge on any atom is -0.383 e. The summed E-state index contributed by atoms with van der Waals surface area (Å²) >= 11 is 0. The van der Waals surface area contributed by atoms with E-state index in [1.54, 1.807) is 0 Å². The molecule has 2 nitrogen and oxygen atoms in total. The van der Waals surface area contributed by atoms with E-state index in [0.717, 1.165) is 5.57 Å². The number of allylic oxidation sites excluding steroid dienone is 2. The van der Waals surface area contributed by atoms with Crippen molar-refractivity contribution in [3.05, 3.63) is 23.9 Å². The lowest BCUT2D eigenvalue weighted by Crippen LogP contribution is -2.39. The highest BCUT2D eigenvalue weighted by molar-refractivity contribution is 5.35. The lowest BCUT2D eigenvalue weighted by atomic mass is 9.81. The van der Waals surface area contributed by atoms with Crippen LogP contribution >= 0.6 is 0 Å². The molecule has 1 aliphatic heterocycles. The molecular weight excluding hydrogens is 148 g/mol. The van der Waals surface area contributed by atoms with Gasteiger partial charge in [0.15, 0.2) is 0 Å². The minimum atomic E-state index is 0.0896. The fourth-order valence-corrected chi connectivity index (χ4v) is 1.31. The summed E-state index contributed by atoms with van der Waals surface area (Å²) in [5.41, 5.74) is 0.900. The van der Waals surface area contributed by atoms with Crippen molar-refractivity contribution in [2.75, 3.05) is 0 Å². The third-order valence-electron chi connectivity index (χ3n) is 1.94. The number of rotatable bonds is 0. The zero-order chi connectivity index (χ0) is 9.19. The van der Waals surface area contributed by atoms with Gasteiger partial charge in [-0.1, -0.05) is 20.8 Å². The van der Waals surface area contributed by atoms with Gasteiger partial charge in [0.05, 0.1) is 17.7 Å². The first-order valence-corrected chi connectivity index (χ1v) is 4.08. The lowest BCUT2D eigenvalue weighted by molar-refractivity contribution is 0.326. The Morgan fingerprint density at radius 3 is 2.58 bits per heavy atom. The predicted octanol–water partition coefficient (Wildman–Crippen LogP) is 1.97. The van der Waals surface area contributed by atoms with Crippen molar-refractivity contribution >= 4 is 0 Å². The Bertz CT molecular complexity index is 261. The van der Waals surface area contributed by atoms with Gasteiger partial charge in [-0.3, -0.25) is 0 Å². The number of hydrogen-bond acceptors (Lipinski definition) is 2. The molecule has 0 amide bonds. The van der Waals surface area contributed by atoms with Crippen molar-refractivity contribution in [2.24, 2.45) is 5.41 Å². The number of hydrogen-bond donors (Lipinski definition) is 1. The van der Waals surface area contributed by atoms with E-state index in [1.807, 2.05) is 18.4 Å². The molecular formula is C10H14N2. The summed E-state index contributed by atoms with van der Waals surface area (Å²) in [4.78, 5) is 0. The number of dihydropyridines is 1. The van der Waals surface area contributed by atoms with Crippen molar-refractivity contribution < 1.29 is 0 Å². The lowest BCUT2D eigenvalue weighted by Gasteiger charge is -2.31. The first kappa shape index (κ1) is 8.86. The number of nitrogens with zero attached hydrogens (tertiary/aromatic N) is 1. The molecule has 0 spiro atoms. The molecule has 1 aliphatic rings. The number of nitriles is 1. The summed E-state index contributed by atoms with van der Waals surface area (Å²) in [6.07, 6.45) is 5.62. The van der Waals surface area contributed by atoms with Crippen LogP contribution in [0.5, 0.6) is 0 Å². The van der Waals surface area contributed by atoms with Crippen LogP contribution in [0.1, 0.15) is 20.8 Å². The fourth-order valence-electron chi connectivity index (χ4n) is 1.31.